The Hall–Kier alpha value is -3.10. The van der Waals surface area contributed by atoms with Crippen LogP contribution in [0, 0.1) is 0 Å². The molecule has 2 aromatic carbocycles. The summed E-state index contributed by atoms with van der Waals surface area (Å²) in [6.07, 6.45) is 0. The predicted molar refractivity (Wildman–Crippen MR) is 122 cm³/mol. The van der Waals surface area contributed by atoms with Gasteiger partial charge in [0.2, 0.25) is 0 Å². The molecule has 0 spiro atoms. The second-order valence-corrected chi connectivity index (χ2v) is 6.66. The van der Waals surface area contributed by atoms with Gasteiger partial charge >= 0.3 is 0 Å². The third-order valence-electron chi connectivity index (χ3n) is 4.29. The van der Waals surface area contributed by atoms with Gasteiger partial charge in [0.05, 0.1) is 13.2 Å². The minimum atomic E-state index is -0.237. The largest absolute Gasteiger partial charge is 0.491 e. The standard InChI is InChI=1S/C24H32N2O6/c1-3-29-13-15-31-21-9-5-7-19(17-21)23(27)25-11-12-26-24(28)20-8-6-10-22(18-20)32-16-14-30-4-2/h5-10,17-18H,3-4,11-16H2,1-2H3,(H,25,27)(H,26,28). The molecule has 0 aromatic heterocycles. The van der Waals surface area contributed by atoms with Crippen molar-refractivity contribution in [2.75, 3.05) is 52.7 Å². The first-order valence-electron chi connectivity index (χ1n) is 10.8. The summed E-state index contributed by atoms with van der Waals surface area (Å²) in [5.74, 6) is 0.737. The zero-order chi connectivity index (χ0) is 23.0. The van der Waals surface area contributed by atoms with Gasteiger partial charge in [-0.05, 0) is 50.2 Å². The fourth-order valence-corrected chi connectivity index (χ4v) is 2.74. The molecule has 0 atom stereocenters. The Kier molecular flexibility index (Phi) is 11.7. The molecule has 0 bridgehead atoms. The minimum absolute atomic E-state index is 0.237. The van der Waals surface area contributed by atoms with Crippen LogP contribution < -0.4 is 20.1 Å². The van der Waals surface area contributed by atoms with Gasteiger partial charge in [0.15, 0.2) is 0 Å². The van der Waals surface area contributed by atoms with E-state index in [0.717, 1.165) is 0 Å². The van der Waals surface area contributed by atoms with E-state index in [-0.39, 0.29) is 11.8 Å². The van der Waals surface area contributed by atoms with Gasteiger partial charge in [0, 0.05) is 37.4 Å². The highest BCUT2D eigenvalue weighted by Crippen LogP contribution is 2.14. The second kappa shape index (κ2) is 14.8. The molecule has 0 unspecified atom stereocenters. The molecule has 0 aliphatic carbocycles. The lowest BCUT2D eigenvalue weighted by molar-refractivity contribution is 0.0926. The van der Waals surface area contributed by atoms with Crippen molar-refractivity contribution in [2.45, 2.75) is 13.8 Å². The van der Waals surface area contributed by atoms with Crippen molar-refractivity contribution in [1.82, 2.24) is 10.6 Å². The highest BCUT2D eigenvalue weighted by atomic mass is 16.5. The molecule has 0 radical (unpaired) electrons. The molecule has 2 aromatic rings. The van der Waals surface area contributed by atoms with Gasteiger partial charge in [0.1, 0.15) is 24.7 Å². The molecule has 2 N–H and O–H groups in total. The molecule has 0 heterocycles. The highest BCUT2D eigenvalue weighted by molar-refractivity contribution is 5.95. The van der Waals surface area contributed by atoms with Gasteiger partial charge in [-0.1, -0.05) is 12.1 Å². The van der Waals surface area contributed by atoms with Gasteiger partial charge in [-0.15, -0.1) is 0 Å². The van der Waals surface area contributed by atoms with Crippen LogP contribution in [0.1, 0.15) is 34.6 Å². The van der Waals surface area contributed by atoms with Crippen molar-refractivity contribution >= 4 is 11.8 Å². The maximum Gasteiger partial charge on any atom is 0.251 e. The smallest absolute Gasteiger partial charge is 0.251 e. The summed E-state index contributed by atoms with van der Waals surface area (Å²) < 4.78 is 21.6. The van der Waals surface area contributed by atoms with Crippen LogP contribution in [0.5, 0.6) is 11.5 Å². The maximum absolute atomic E-state index is 12.3. The summed E-state index contributed by atoms with van der Waals surface area (Å²) in [6.45, 7) is 7.53. The number of carbonyl (C=O) groups excluding carboxylic acids is 2. The van der Waals surface area contributed by atoms with Crippen LogP contribution in [-0.4, -0.2) is 64.5 Å². The number of benzene rings is 2. The van der Waals surface area contributed by atoms with Crippen LogP contribution in [0.25, 0.3) is 0 Å². The van der Waals surface area contributed by atoms with E-state index < -0.39 is 0 Å². The number of amides is 2. The average Bonchev–Trinajstić information content (AvgIpc) is 2.82. The molecular weight excluding hydrogens is 412 g/mol. The lowest BCUT2D eigenvalue weighted by Crippen LogP contribution is -2.34. The number of nitrogens with one attached hydrogen (secondary N) is 2. The summed E-state index contributed by atoms with van der Waals surface area (Å²) in [5.41, 5.74) is 0.976. The van der Waals surface area contributed by atoms with Crippen LogP contribution in [0.3, 0.4) is 0 Å². The molecule has 0 saturated carbocycles. The fraction of sp³-hybridized carbons (Fsp3) is 0.417. The molecule has 0 fully saturated rings. The van der Waals surface area contributed by atoms with Crippen molar-refractivity contribution in [1.29, 1.82) is 0 Å². The Morgan fingerprint density at radius 2 is 1.12 bits per heavy atom. The average molecular weight is 445 g/mol. The first kappa shape index (κ1) is 25.2. The Morgan fingerprint density at radius 3 is 1.53 bits per heavy atom. The van der Waals surface area contributed by atoms with E-state index in [9.17, 15) is 9.59 Å². The SMILES string of the molecule is CCOCCOc1cccc(C(=O)NCCNC(=O)c2cccc(OCCOCC)c2)c1. The third-order valence-corrected chi connectivity index (χ3v) is 4.29. The lowest BCUT2D eigenvalue weighted by Gasteiger charge is -2.10. The second-order valence-electron chi connectivity index (χ2n) is 6.66. The highest BCUT2D eigenvalue weighted by Gasteiger charge is 2.09. The van der Waals surface area contributed by atoms with Crippen molar-refractivity contribution in [3.05, 3.63) is 59.7 Å². The van der Waals surface area contributed by atoms with Crippen LogP contribution in [0.15, 0.2) is 48.5 Å². The number of hydrogen-bond donors (Lipinski definition) is 2. The minimum Gasteiger partial charge on any atom is -0.491 e. The van der Waals surface area contributed by atoms with E-state index in [0.29, 0.717) is 75.4 Å². The molecule has 8 heteroatoms. The van der Waals surface area contributed by atoms with Crippen LogP contribution in [0.4, 0.5) is 0 Å². The van der Waals surface area contributed by atoms with Crippen LogP contribution in [-0.2, 0) is 9.47 Å². The third kappa shape index (κ3) is 9.36. The van der Waals surface area contributed by atoms with E-state index in [1.165, 1.54) is 0 Å². The first-order chi connectivity index (χ1) is 15.6. The van der Waals surface area contributed by atoms with Gasteiger partial charge in [-0.2, -0.15) is 0 Å². The fourth-order valence-electron chi connectivity index (χ4n) is 2.74. The van der Waals surface area contributed by atoms with E-state index >= 15 is 0 Å². The summed E-state index contributed by atoms with van der Waals surface area (Å²) in [7, 11) is 0. The van der Waals surface area contributed by atoms with Gasteiger partial charge in [0.25, 0.3) is 11.8 Å². The summed E-state index contributed by atoms with van der Waals surface area (Å²) in [6, 6.07) is 13.9. The summed E-state index contributed by atoms with van der Waals surface area (Å²) >= 11 is 0. The molecule has 0 aliphatic rings. The van der Waals surface area contributed by atoms with Crippen molar-refractivity contribution in [3.8, 4) is 11.5 Å². The van der Waals surface area contributed by atoms with E-state index in [1.807, 2.05) is 13.8 Å². The molecule has 8 nitrogen and oxygen atoms in total. The summed E-state index contributed by atoms with van der Waals surface area (Å²) in [5, 5.41) is 5.58. The molecule has 174 valence electrons. The zero-order valence-electron chi connectivity index (χ0n) is 18.7. The van der Waals surface area contributed by atoms with Gasteiger partial charge in [-0.25, -0.2) is 0 Å². The van der Waals surface area contributed by atoms with Gasteiger partial charge in [-0.3, -0.25) is 9.59 Å². The normalized spacial score (nSPS) is 10.4. The van der Waals surface area contributed by atoms with E-state index in [2.05, 4.69) is 10.6 Å². The molecular formula is C24H32N2O6. The number of ether oxygens (including phenoxy) is 4. The number of carbonyl (C=O) groups is 2. The molecule has 0 aliphatic heterocycles. The quantitative estimate of drug-likeness (QED) is 0.410. The molecule has 2 rings (SSSR count). The Balaban J connectivity index is 1.72. The van der Waals surface area contributed by atoms with Crippen LogP contribution >= 0.6 is 0 Å². The molecule has 32 heavy (non-hydrogen) atoms. The Labute approximate surface area is 189 Å². The number of rotatable bonds is 15. The Bertz CT molecular complexity index is 773. The first-order valence-corrected chi connectivity index (χ1v) is 10.8. The number of hydrogen-bond acceptors (Lipinski definition) is 6. The summed E-state index contributed by atoms with van der Waals surface area (Å²) in [4.78, 5) is 24.7. The molecule has 2 amide bonds. The predicted octanol–water partition coefficient (Wildman–Crippen LogP) is 2.68. The monoisotopic (exact) mass is 444 g/mol. The van der Waals surface area contributed by atoms with Crippen molar-refractivity contribution < 1.29 is 28.5 Å². The zero-order valence-corrected chi connectivity index (χ0v) is 18.7. The van der Waals surface area contributed by atoms with Crippen LogP contribution in [0.2, 0.25) is 0 Å². The topological polar surface area (TPSA) is 95.1 Å². The maximum atomic E-state index is 12.3. The lowest BCUT2D eigenvalue weighted by atomic mass is 10.2. The van der Waals surface area contributed by atoms with E-state index in [4.69, 9.17) is 18.9 Å². The van der Waals surface area contributed by atoms with Crippen molar-refractivity contribution in [2.24, 2.45) is 0 Å². The van der Waals surface area contributed by atoms with Crippen molar-refractivity contribution in [3.63, 3.8) is 0 Å². The Morgan fingerprint density at radius 1 is 0.688 bits per heavy atom. The van der Waals surface area contributed by atoms with E-state index in [1.54, 1.807) is 48.5 Å². The molecule has 0 saturated heterocycles. The van der Waals surface area contributed by atoms with Gasteiger partial charge < -0.3 is 29.6 Å².